The van der Waals surface area contributed by atoms with Crippen LogP contribution < -0.4 is 15.8 Å². The normalized spacial score (nSPS) is 24.7. The van der Waals surface area contributed by atoms with Crippen molar-refractivity contribution in [3.63, 3.8) is 0 Å². The standard InChI is InChI=1S/C23H29N3O2.2ClH/c24-22-17-4-3-5-18(22)13-19(12-17)23(27)26-14-16-7-9-21(10-8-16)28-15-20-6-1-2-11-25-20;;/h1-2,6-11,17-19,22H,3-5,12-15,24H2,(H,26,27);2*1H. The average Bonchev–Trinajstić information content (AvgIpc) is 2.72. The average molecular weight is 452 g/mol. The summed E-state index contributed by atoms with van der Waals surface area (Å²) in [6, 6.07) is 14.0. The highest BCUT2D eigenvalue weighted by Gasteiger charge is 2.40. The first-order chi connectivity index (χ1) is 13.7. The fourth-order valence-electron chi connectivity index (χ4n) is 4.68. The number of aromatic nitrogens is 1. The van der Waals surface area contributed by atoms with Crippen LogP contribution in [-0.2, 0) is 17.9 Å². The highest BCUT2D eigenvalue weighted by molar-refractivity contribution is 5.85. The summed E-state index contributed by atoms with van der Waals surface area (Å²) < 4.78 is 5.76. The molecule has 0 saturated heterocycles. The second-order valence-electron chi connectivity index (χ2n) is 8.17. The molecule has 3 N–H and O–H groups in total. The molecule has 1 amide bonds. The maximum absolute atomic E-state index is 12.7. The van der Waals surface area contributed by atoms with Crippen molar-refractivity contribution in [3.8, 4) is 5.75 Å². The molecule has 2 aliphatic rings. The topological polar surface area (TPSA) is 77.2 Å². The van der Waals surface area contributed by atoms with Crippen molar-refractivity contribution in [1.82, 2.24) is 10.3 Å². The molecule has 1 aromatic heterocycles. The van der Waals surface area contributed by atoms with Gasteiger partial charge in [0.05, 0.1) is 5.69 Å². The lowest BCUT2D eigenvalue weighted by atomic mass is 9.65. The SMILES string of the molecule is Cl.Cl.NC1C2CCCC1CC(C(=O)NCc1ccc(OCc3ccccn3)cc1)C2. The van der Waals surface area contributed by atoms with Gasteiger partial charge in [0.1, 0.15) is 12.4 Å². The van der Waals surface area contributed by atoms with E-state index in [-0.39, 0.29) is 36.6 Å². The van der Waals surface area contributed by atoms with Gasteiger partial charge in [-0.1, -0.05) is 24.6 Å². The molecule has 0 aliphatic heterocycles. The maximum Gasteiger partial charge on any atom is 0.223 e. The number of fused-ring (bicyclic) bond motifs is 2. The number of nitrogens with two attached hydrogens (primary N) is 1. The molecule has 2 bridgehead atoms. The summed E-state index contributed by atoms with van der Waals surface area (Å²) in [6.45, 7) is 1.00. The zero-order chi connectivity index (χ0) is 19.3. The summed E-state index contributed by atoms with van der Waals surface area (Å²) in [5.41, 5.74) is 8.31. The zero-order valence-electron chi connectivity index (χ0n) is 17.0. The van der Waals surface area contributed by atoms with Gasteiger partial charge in [0.25, 0.3) is 0 Å². The molecule has 2 fully saturated rings. The van der Waals surface area contributed by atoms with Crippen molar-refractivity contribution in [2.45, 2.75) is 51.3 Å². The van der Waals surface area contributed by atoms with Crippen LogP contribution in [0, 0.1) is 17.8 Å². The highest BCUT2D eigenvalue weighted by atomic mass is 35.5. The second-order valence-corrected chi connectivity index (χ2v) is 8.17. The van der Waals surface area contributed by atoms with Crippen LogP contribution in [0.3, 0.4) is 0 Å². The minimum absolute atomic E-state index is 0. The number of halogens is 2. The third kappa shape index (κ3) is 6.10. The zero-order valence-corrected chi connectivity index (χ0v) is 18.7. The minimum atomic E-state index is 0. The van der Waals surface area contributed by atoms with Gasteiger partial charge in [0, 0.05) is 24.7 Å². The Morgan fingerprint density at radius 2 is 1.77 bits per heavy atom. The van der Waals surface area contributed by atoms with Crippen LogP contribution in [0.2, 0.25) is 0 Å². The Balaban J connectivity index is 0.00000160. The van der Waals surface area contributed by atoms with Crippen molar-refractivity contribution in [2.24, 2.45) is 23.5 Å². The maximum atomic E-state index is 12.7. The Morgan fingerprint density at radius 1 is 1.07 bits per heavy atom. The fraction of sp³-hybridized carbons (Fsp3) is 0.478. The predicted octanol–water partition coefficient (Wildman–Crippen LogP) is 4.27. The first-order valence-corrected chi connectivity index (χ1v) is 10.3. The number of nitrogens with zero attached hydrogens (tertiary/aromatic N) is 1. The molecule has 1 heterocycles. The smallest absolute Gasteiger partial charge is 0.223 e. The summed E-state index contributed by atoms with van der Waals surface area (Å²) in [4.78, 5) is 16.9. The number of carbonyl (C=O) groups excluding carboxylic acids is 1. The van der Waals surface area contributed by atoms with Gasteiger partial charge >= 0.3 is 0 Å². The van der Waals surface area contributed by atoms with E-state index < -0.39 is 0 Å². The van der Waals surface area contributed by atoms with Gasteiger partial charge in [0.2, 0.25) is 5.91 Å². The van der Waals surface area contributed by atoms with E-state index in [1.165, 1.54) is 19.3 Å². The molecule has 7 heteroatoms. The molecule has 2 aliphatic carbocycles. The number of hydrogen-bond donors (Lipinski definition) is 2. The summed E-state index contributed by atoms with van der Waals surface area (Å²) in [5, 5.41) is 3.12. The molecule has 1 aromatic carbocycles. The molecule has 5 nitrogen and oxygen atoms in total. The number of amides is 1. The van der Waals surface area contributed by atoms with Gasteiger partial charge in [-0.05, 0) is 67.3 Å². The van der Waals surface area contributed by atoms with E-state index in [4.69, 9.17) is 10.5 Å². The number of pyridine rings is 1. The molecule has 30 heavy (non-hydrogen) atoms. The molecule has 2 saturated carbocycles. The van der Waals surface area contributed by atoms with Gasteiger partial charge in [0.15, 0.2) is 0 Å². The van der Waals surface area contributed by atoms with Gasteiger partial charge < -0.3 is 15.8 Å². The summed E-state index contributed by atoms with van der Waals surface area (Å²) >= 11 is 0. The van der Waals surface area contributed by atoms with E-state index >= 15 is 0 Å². The lowest BCUT2D eigenvalue weighted by molar-refractivity contribution is -0.128. The summed E-state index contributed by atoms with van der Waals surface area (Å²) in [5.74, 6) is 2.16. The molecule has 2 aromatic rings. The molecule has 0 radical (unpaired) electrons. The lowest BCUT2D eigenvalue weighted by Crippen LogP contribution is -2.49. The number of carbonyl (C=O) groups is 1. The largest absolute Gasteiger partial charge is 0.487 e. The quantitative estimate of drug-likeness (QED) is 0.686. The van der Waals surface area contributed by atoms with Gasteiger partial charge in [-0.2, -0.15) is 0 Å². The van der Waals surface area contributed by atoms with Gasteiger partial charge in [-0.15, -0.1) is 24.8 Å². The monoisotopic (exact) mass is 451 g/mol. The van der Waals surface area contributed by atoms with Crippen molar-refractivity contribution < 1.29 is 9.53 Å². The van der Waals surface area contributed by atoms with E-state index in [0.717, 1.165) is 29.8 Å². The molecule has 2 unspecified atom stereocenters. The van der Waals surface area contributed by atoms with Crippen LogP contribution >= 0.6 is 24.8 Å². The second kappa shape index (κ2) is 11.5. The van der Waals surface area contributed by atoms with Gasteiger partial charge in [-0.25, -0.2) is 0 Å². The highest BCUT2D eigenvalue weighted by Crippen LogP contribution is 2.41. The Hall–Kier alpha value is -1.82. The van der Waals surface area contributed by atoms with E-state index in [1.807, 2.05) is 42.5 Å². The van der Waals surface area contributed by atoms with Crippen LogP contribution in [0.25, 0.3) is 0 Å². The first-order valence-electron chi connectivity index (χ1n) is 10.3. The van der Waals surface area contributed by atoms with Crippen LogP contribution in [-0.4, -0.2) is 16.9 Å². The molecule has 0 spiro atoms. The van der Waals surface area contributed by atoms with E-state index in [2.05, 4.69) is 10.3 Å². The Morgan fingerprint density at radius 3 is 2.40 bits per heavy atom. The molecule has 4 rings (SSSR count). The third-order valence-electron chi connectivity index (χ3n) is 6.29. The number of ether oxygens (including phenoxy) is 1. The molecule has 164 valence electrons. The molecular weight excluding hydrogens is 421 g/mol. The lowest BCUT2D eigenvalue weighted by Gasteiger charge is -2.43. The number of rotatable bonds is 6. The molecular formula is C23H31Cl2N3O2. The van der Waals surface area contributed by atoms with Gasteiger partial charge in [-0.3, -0.25) is 9.78 Å². The van der Waals surface area contributed by atoms with Crippen molar-refractivity contribution in [1.29, 1.82) is 0 Å². The fourth-order valence-corrected chi connectivity index (χ4v) is 4.68. The Labute approximate surface area is 191 Å². The summed E-state index contributed by atoms with van der Waals surface area (Å²) in [6.07, 6.45) is 7.29. The van der Waals surface area contributed by atoms with Crippen LogP contribution in [0.1, 0.15) is 43.4 Å². The van der Waals surface area contributed by atoms with Crippen molar-refractivity contribution in [2.75, 3.05) is 0 Å². The van der Waals surface area contributed by atoms with Crippen LogP contribution in [0.5, 0.6) is 5.75 Å². The van der Waals surface area contributed by atoms with Crippen molar-refractivity contribution in [3.05, 3.63) is 59.9 Å². The Kier molecular flexibility index (Phi) is 9.40. The third-order valence-corrected chi connectivity index (χ3v) is 6.29. The van der Waals surface area contributed by atoms with Crippen molar-refractivity contribution >= 4 is 30.7 Å². The predicted molar refractivity (Wildman–Crippen MR) is 123 cm³/mol. The van der Waals surface area contributed by atoms with Crippen LogP contribution in [0.4, 0.5) is 0 Å². The first kappa shape index (κ1) is 24.4. The number of hydrogen-bond acceptors (Lipinski definition) is 4. The van der Waals surface area contributed by atoms with Crippen LogP contribution in [0.15, 0.2) is 48.7 Å². The van der Waals surface area contributed by atoms with E-state index in [0.29, 0.717) is 31.0 Å². The summed E-state index contributed by atoms with van der Waals surface area (Å²) in [7, 11) is 0. The number of benzene rings is 1. The van der Waals surface area contributed by atoms with E-state index in [1.54, 1.807) is 6.20 Å². The molecule has 2 atom stereocenters. The Bertz CT molecular complexity index is 775. The minimum Gasteiger partial charge on any atom is -0.487 e. The number of nitrogens with one attached hydrogen (secondary N) is 1. The van der Waals surface area contributed by atoms with E-state index in [9.17, 15) is 4.79 Å².